The molecule has 116 valence electrons. The third-order valence-electron chi connectivity index (χ3n) is 3.27. The molecule has 0 saturated heterocycles. The van der Waals surface area contributed by atoms with Crippen molar-refractivity contribution < 1.29 is 0 Å². The van der Waals surface area contributed by atoms with Crippen molar-refractivity contribution >= 4 is 17.4 Å². The molecule has 3 aromatic rings. The quantitative estimate of drug-likeness (QED) is 0.292. The Hall–Kier alpha value is -2.90. The number of hydrogen-bond acceptors (Lipinski definition) is 5. The summed E-state index contributed by atoms with van der Waals surface area (Å²) in [6.07, 6.45) is 6.96. The summed E-state index contributed by atoms with van der Waals surface area (Å²) in [5.41, 5.74) is 11.1. The van der Waals surface area contributed by atoms with Crippen LogP contribution in [-0.2, 0) is 0 Å². The highest BCUT2D eigenvalue weighted by Crippen LogP contribution is 2.27. The van der Waals surface area contributed by atoms with E-state index >= 15 is 0 Å². The summed E-state index contributed by atoms with van der Waals surface area (Å²) in [5, 5.41) is 4.28. The Labute approximate surface area is 137 Å². The van der Waals surface area contributed by atoms with Crippen LogP contribution in [0.25, 0.3) is 16.9 Å². The van der Waals surface area contributed by atoms with Crippen molar-refractivity contribution in [2.24, 2.45) is 16.7 Å². The van der Waals surface area contributed by atoms with Crippen LogP contribution >= 0.6 is 11.6 Å². The third kappa shape index (κ3) is 3.15. The molecule has 0 saturated carbocycles. The summed E-state index contributed by atoms with van der Waals surface area (Å²) in [6, 6.07) is 9.24. The smallest absolute Gasteiger partial charge is 0.152 e. The topological polar surface area (TPSA) is 107 Å². The molecule has 8 heteroatoms. The first-order chi connectivity index (χ1) is 11.2. The van der Waals surface area contributed by atoms with Crippen molar-refractivity contribution in [1.29, 1.82) is 0 Å². The second-order valence-corrected chi connectivity index (χ2v) is 5.10. The van der Waals surface area contributed by atoms with Gasteiger partial charge >= 0.3 is 0 Å². The minimum atomic E-state index is 0.300. The number of hydrogen-bond donors (Lipinski definition) is 3. The van der Waals surface area contributed by atoms with Crippen molar-refractivity contribution in [3.05, 3.63) is 65.8 Å². The third-order valence-corrected chi connectivity index (χ3v) is 3.56. The van der Waals surface area contributed by atoms with Gasteiger partial charge < -0.3 is 10.3 Å². The van der Waals surface area contributed by atoms with Crippen LogP contribution in [0.1, 0.15) is 5.56 Å². The van der Waals surface area contributed by atoms with Crippen LogP contribution in [0.2, 0.25) is 5.02 Å². The Morgan fingerprint density at radius 2 is 2.04 bits per heavy atom. The van der Waals surface area contributed by atoms with Gasteiger partial charge in [0.15, 0.2) is 5.84 Å². The summed E-state index contributed by atoms with van der Waals surface area (Å²) in [5.74, 6) is 5.41. The number of nitrogens with zero attached hydrogens (tertiary/aromatic N) is 4. The number of hydrazone groups is 1. The van der Waals surface area contributed by atoms with Gasteiger partial charge in [-0.05, 0) is 6.07 Å². The number of benzene rings is 1. The first-order valence-corrected chi connectivity index (χ1v) is 7.10. The second kappa shape index (κ2) is 6.47. The maximum atomic E-state index is 6.36. The van der Waals surface area contributed by atoms with Crippen LogP contribution in [0, 0.1) is 0 Å². The highest BCUT2D eigenvalue weighted by atomic mass is 35.5. The summed E-state index contributed by atoms with van der Waals surface area (Å²) >= 11 is 6.36. The largest absolute Gasteiger partial charge is 0.382 e. The second-order valence-electron chi connectivity index (χ2n) is 4.70. The van der Waals surface area contributed by atoms with Crippen LogP contribution in [0.5, 0.6) is 0 Å². The van der Waals surface area contributed by atoms with Crippen molar-refractivity contribution in [3.63, 3.8) is 0 Å². The number of pyridine rings is 1. The SMILES string of the molecule is NN/N=C(\N)c1ccc(-c2ncc(-n3ccnc3)cc2Cl)cc1. The number of imidazole rings is 1. The molecular weight excluding hydrogens is 314 g/mol. The maximum absolute atomic E-state index is 6.36. The van der Waals surface area contributed by atoms with Gasteiger partial charge in [0.05, 0.1) is 28.9 Å². The molecule has 7 nitrogen and oxygen atoms in total. The summed E-state index contributed by atoms with van der Waals surface area (Å²) in [6.45, 7) is 0. The summed E-state index contributed by atoms with van der Waals surface area (Å²) in [4.78, 5) is 8.45. The Kier molecular flexibility index (Phi) is 4.22. The number of aromatic nitrogens is 3. The molecule has 1 aromatic carbocycles. The molecular formula is C15H14ClN7. The maximum Gasteiger partial charge on any atom is 0.152 e. The van der Waals surface area contributed by atoms with Crippen LogP contribution in [0.3, 0.4) is 0 Å². The normalized spacial score (nSPS) is 11.5. The standard InChI is InChI=1S/C15H14ClN7/c16-13-7-12(23-6-5-19-9-23)8-20-14(13)10-1-3-11(4-2-10)15(17)21-22-18/h1-9,22H,18H2,(H2,17,21). The predicted molar refractivity (Wildman–Crippen MR) is 89.9 cm³/mol. The van der Waals surface area contributed by atoms with E-state index in [4.69, 9.17) is 23.2 Å². The minimum absolute atomic E-state index is 0.300. The molecule has 0 bridgehead atoms. The van der Waals surface area contributed by atoms with Gasteiger partial charge in [-0.3, -0.25) is 4.98 Å². The molecule has 0 aliphatic heterocycles. The monoisotopic (exact) mass is 327 g/mol. The van der Waals surface area contributed by atoms with Crippen molar-refractivity contribution in [1.82, 2.24) is 20.1 Å². The molecule has 5 N–H and O–H groups in total. The zero-order valence-electron chi connectivity index (χ0n) is 12.0. The van der Waals surface area contributed by atoms with Crippen molar-refractivity contribution in [2.45, 2.75) is 0 Å². The number of hydrazine groups is 1. The fourth-order valence-electron chi connectivity index (χ4n) is 2.13. The van der Waals surface area contributed by atoms with E-state index in [1.807, 2.05) is 41.1 Å². The zero-order chi connectivity index (χ0) is 16.2. The molecule has 0 fully saturated rings. The summed E-state index contributed by atoms with van der Waals surface area (Å²) < 4.78 is 1.84. The lowest BCUT2D eigenvalue weighted by Gasteiger charge is -2.08. The first kappa shape index (κ1) is 15.0. The van der Waals surface area contributed by atoms with E-state index in [1.165, 1.54) is 0 Å². The highest BCUT2D eigenvalue weighted by molar-refractivity contribution is 6.33. The van der Waals surface area contributed by atoms with Gasteiger partial charge in [0, 0.05) is 23.5 Å². The van der Waals surface area contributed by atoms with E-state index in [0.29, 0.717) is 16.6 Å². The minimum Gasteiger partial charge on any atom is -0.382 e. The van der Waals surface area contributed by atoms with Gasteiger partial charge in [-0.1, -0.05) is 35.9 Å². The molecule has 0 atom stereocenters. The van der Waals surface area contributed by atoms with Crippen LogP contribution in [0.4, 0.5) is 0 Å². The van der Waals surface area contributed by atoms with Gasteiger partial charge in [-0.25, -0.2) is 16.4 Å². The molecule has 0 spiro atoms. The molecule has 0 unspecified atom stereocenters. The molecule has 0 aliphatic rings. The fourth-order valence-corrected chi connectivity index (χ4v) is 2.40. The number of halogens is 1. The number of nitrogens with one attached hydrogen (secondary N) is 1. The molecule has 2 aromatic heterocycles. The van der Waals surface area contributed by atoms with E-state index in [2.05, 4.69) is 20.6 Å². The van der Waals surface area contributed by atoms with Gasteiger partial charge in [0.2, 0.25) is 0 Å². The lowest BCUT2D eigenvalue weighted by atomic mass is 10.1. The molecule has 0 aliphatic carbocycles. The first-order valence-electron chi connectivity index (χ1n) is 6.72. The lowest BCUT2D eigenvalue weighted by molar-refractivity contribution is 0.804. The zero-order valence-corrected chi connectivity index (χ0v) is 12.8. The van der Waals surface area contributed by atoms with E-state index in [-0.39, 0.29) is 0 Å². The molecule has 0 amide bonds. The van der Waals surface area contributed by atoms with E-state index in [0.717, 1.165) is 16.8 Å². The average molecular weight is 328 g/mol. The molecule has 23 heavy (non-hydrogen) atoms. The Morgan fingerprint density at radius 1 is 1.26 bits per heavy atom. The van der Waals surface area contributed by atoms with E-state index < -0.39 is 0 Å². The fraction of sp³-hybridized carbons (Fsp3) is 0. The number of amidine groups is 1. The van der Waals surface area contributed by atoms with Crippen LogP contribution in [0.15, 0.2) is 60.4 Å². The Bertz CT molecular complexity index is 826. The molecule has 0 radical (unpaired) electrons. The van der Waals surface area contributed by atoms with Crippen molar-refractivity contribution in [3.8, 4) is 16.9 Å². The van der Waals surface area contributed by atoms with E-state index in [1.54, 1.807) is 18.7 Å². The predicted octanol–water partition coefficient (Wildman–Crippen LogP) is 1.67. The van der Waals surface area contributed by atoms with Gasteiger partial charge in [-0.2, -0.15) is 0 Å². The lowest BCUT2D eigenvalue weighted by Crippen LogP contribution is -2.22. The number of nitrogens with two attached hydrogens (primary N) is 2. The number of rotatable bonds is 4. The summed E-state index contributed by atoms with van der Waals surface area (Å²) in [7, 11) is 0. The Morgan fingerprint density at radius 3 is 2.65 bits per heavy atom. The van der Waals surface area contributed by atoms with Crippen LogP contribution < -0.4 is 17.1 Å². The molecule has 2 heterocycles. The van der Waals surface area contributed by atoms with Gasteiger partial charge in [0.25, 0.3) is 0 Å². The highest BCUT2D eigenvalue weighted by Gasteiger charge is 2.08. The van der Waals surface area contributed by atoms with E-state index in [9.17, 15) is 0 Å². The van der Waals surface area contributed by atoms with Crippen molar-refractivity contribution in [2.75, 3.05) is 0 Å². The van der Waals surface area contributed by atoms with Gasteiger partial charge in [-0.15, -0.1) is 5.10 Å². The molecule has 3 rings (SSSR count). The van der Waals surface area contributed by atoms with Crippen LogP contribution in [-0.4, -0.2) is 20.4 Å². The Balaban J connectivity index is 1.91. The van der Waals surface area contributed by atoms with Gasteiger partial charge in [0.1, 0.15) is 0 Å². The average Bonchev–Trinajstić information content (AvgIpc) is 3.10.